The van der Waals surface area contributed by atoms with Crippen molar-refractivity contribution in [3.63, 3.8) is 0 Å². The van der Waals surface area contributed by atoms with Gasteiger partial charge in [-0.3, -0.25) is 0 Å². The van der Waals surface area contributed by atoms with E-state index < -0.39 is 11.9 Å². The van der Waals surface area contributed by atoms with Gasteiger partial charge >= 0.3 is 6.18 Å². The summed E-state index contributed by atoms with van der Waals surface area (Å²) in [5.41, 5.74) is 3.07. The van der Waals surface area contributed by atoms with E-state index in [9.17, 15) is 13.2 Å². The molecule has 0 aliphatic heterocycles. The molecule has 1 aliphatic rings. The number of benzene rings is 1. The van der Waals surface area contributed by atoms with Gasteiger partial charge in [-0.25, -0.2) is 24.9 Å². The first-order valence-corrected chi connectivity index (χ1v) is 12.7. The summed E-state index contributed by atoms with van der Waals surface area (Å²) in [7, 11) is 1.57. The number of hydrogen-bond donors (Lipinski definition) is 0. The van der Waals surface area contributed by atoms with E-state index >= 15 is 0 Å². The second-order valence-corrected chi connectivity index (χ2v) is 9.98. The minimum Gasteiger partial charge on any atom is -0.480 e. The molecular formula is C28H26F3N7O. The molecule has 1 fully saturated rings. The van der Waals surface area contributed by atoms with Crippen molar-refractivity contribution in [1.82, 2.24) is 34.1 Å². The first-order valence-electron chi connectivity index (χ1n) is 12.7. The van der Waals surface area contributed by atoms with Crippen molar-refractivity contribution in [1.29, 1.82) is 0 Å². The largest absolute Gasteiger partial charge is 0.480 e. The van der Waals surface area contributed by atoms with E-state index in [1.807, 2.05) is 42.8 Å². The highest BCUT2D eigenvalue weighted by atomic mass is 19.4. The molecule has 6 rings (SSSR count). The zero-order chi connectivity index (χ0) is 27.3. The van der Waals surface area contributed by atoms with Crippen molar-refractivity contribution in [2.45, 2.75) is 51.4 Å². The van der Waals surface area contributed by atoms with Crippen LogP contribution in [-0.2, 0) is 12.7 Å². The molecule has 0 unspecified atom stereocenters. The van der Waals surface area contributed by atoms with Gasteiger partial charge in [0.15, 0.2) is 11.5 Å². The summed E-state index contributed by atoms with van der Waals surface area (Å²) in [5, 5.41) is 0.887. The predicted octanol–water partition coefficient (Wildman–Crippen LogP) is 6.29. The molecule has 1 aromatic carbocycles. The number of ether oxygens (including phenoxy) is 1. The first kappa shape index (κ1) is 25.0. The number of imidazole rings is 1. The molecule has 4 aromatic heterocycles. The number of aromatic nitrogens is 7. The average molecular weight is 534 g/mol. The normalized spacial score (nSPS) is 13.9. The van der Waals surface area contributed by atoms with Crippen LogP contribution in [0.25, 0.3) is 33.8 Å². The van der Waals surface area contributed by atoms with Crippen LogP contribution in [0.2, 0.25) is 0 Å². The van der Waals surface area contributed by atoms with Gasteiger partial charge in [-0.2, -0.15) is 13.2 Å². The monoisotopic (exact) mass is 533 g/mol. The molecule has 4 heterocycles. The van der Waals surface area contributed by atoms with Crippen molar-refractivity contribution < 1.29 is 17.9 Å². The molecule has 0 bridgehead atoms. The lowest BCUT2D eigenvalue weighted by Gasteiger charge is -2.12. The Kier molecular flexibility index (Phi) is 6.08. The van der Waals surface area contributed by atoms with E-state index in [1.54, 1.807) is 30.0 Å². The van der Waals surface area contributed by atoms with E-state index in [0.29, 0.717) is 29.7 Å². The summed E-state index contributed by atoms with van der Waals surface area (Å²) in [5.74, 6) is 1.62. The lowest BCUT2D eigenvalue weighted by molar-refractivity contribution is -0.140. The lowest BCUT2D eigenvalue weighted by Crippen LogP contribution is -2.05. The van der Waals surface area contributed by atoms with Crippen molar-refractivity contribution in [3.8, 4) is 28.7 Å². The maximum atomic E-state index is 13.3. The van der Waals surface area contributed by atoms with Crippen LogP contribution in [0, 0.1) is 0 Å². The predicted molar refractivity (Wildman–Crippen MR) is 139 cm³/mol. The third kappa shape index (κ3) is 4.73. The smallest absolute Gasteiger partial charge is 0.434 e. The minimum absolute atomic E-state index is 0.169. The summed E-state index contributed by atoms with van der Waals surface area (Å²) in [6, 6.07) is 9.18. The number of fused-ring (bicyclic) bond motifs is 1. The summed E-state index contributed by atoms with van der Waals surface area (Å²) in [6.45, 7) is 4.18. The van der Waals surface area contributed by atoms with E-state index in [0.717, 1.165) is 46.9 Å². The quantitative estimate of drug-likeness (QED) is 0.245. The molecule has 11 heteroatoms. The third-order valence-corrected chi connectivity index (χ3v) is 6.87. The molecule has 1 saturated carbocycles. The van der Waals surface area contributed by atoms with Crippen molar-refractivity contribution in [2.75, 3.05) is 7.11 Å². The number of rotatable bonds is 7. The van der Waals surface area contributed by atoms with E-state index in [-0.39, 0.29) is 11.9 Å². The van der Waals surface area contributed by atoms with Crippen LogP contribution in [0.1, 0.15) is 55.6 Å². The van der Waals surface area contributed by atoms with Crippen molar-refractivity contribution in [3.05, 3.63) is 72.2 Å². The molecule has 0 N–H and O–H groups in total. The Bertz CT molecular complexity index is 1650. The number of hydrogen-bond acceptors (Lipinski definition) is 6. The fourth-order valence-corrected chi connectivity index (χ4v) is 4.73. The summed E-state index contributed by atoms with van der Waals surface area (Å²) >= 11 is 0. The fraction of sp³-hybridized carbons (Fsp3) is 0.321. The van der Waals surface area contributed by atoms with Crippen molar-refractivity contribution in [2.24, 2.45) is 0 Å². The molecule has 0 spiro atoms. The molecular weight excluding hydrogens is 507 g/mol. The Morgan fingerprint density at radius 1 is 1.03 bits per heavy atom. The second-order valence-electron chi connectivity index (χ2n) is 9.98. The van der Waals surface area contributed by atoms with E-state index in [4.69, 9.17) is 9.72 Å². The highest BCUT2D eigenvalue weighted by molar-refractivity contribution is 5.79. The Balaban J connectivity index is 1.32. The fourth-order valence-electron chi connectivity index (χ4n) is 4.73. The van der Waals surface area contributed by atoms with Crippen molar-refractivity contribution >= 4 is 11.0 Å². The highest BCUT2D eigenvalue weighted by Crippen LogP contribution is 2.45. The Morgan fingerprint density at radius 2 is 1.79 bits per heavy atom. The maximum Gasteiger partial charge on any atom is 0.434 e. The van der Waals surface area contributed by atoms with Crippen LogP contribution < -0.4 is 4.74 Å². The number of nitrogens with zero attached hydrogens (tertiary/aromatic N) is 7. The Labute approximate surface area is 222 Å². The molecule has 5 aromatic rings. The van der Waals surface area contributed by atoms with Crippen LogP contribution in [-0.4, -0.2) is 41.2 Å². The van der Waals surface area contributed by atoms with Gasteiger partial charge in [-0.1, -0.05) is 24.3 Å². The Hall–Kier alpha value is -4.28. The highest BCUT2D eigenvalue weighted by Gasteiger charge is 2.35. The van der Waals surface area contributed by atoms with Gasteiger partial charge in [0.25, 0.3) is 0 Å². The summed E-state index contributed by atoms with van der Waals surface area (Å²) in [4.78, 5) is 22.1. The third-order valence-electron chi connectivity index (χ3n) is 6.87. The molecule has 39 heavy (non-hydrogen) atoms. The zero-order valence-electron chi connectivity index (χ0n) is 21.6. The summed E-state index contributed by atoms with van der Waals surface area (Å²) < 4.78 is 49.0. The molecule has 1 aliphatic carbocycles. The number of halogens is 3. The van der Waals surface area contributed by atoms with Crippen LogP contribution in [0.3, 0.4) is 0 Å². The minimum atomic E-state index is -4.50. The average Bonchev–Trinajstić information content (AvgIpc) is 3.53. The van der Waals surface area contributed by atoms with Crippen LogP contribution in [0.15, 0.2) is 55.2 Å². The molecule has 0 amide bonds. The lowest BCUT2D eigenvalue weighted by atomic mass is 10.1. The van der Waals surface area contributed by atoms with Gasteiger partial charge in [0.1, 0.15) is 23.4 Å². The van der Waals surface area contributed by atoms with Gasteiger partial charge in [0.05, 0.1) is 12.8 Å². The SMILES string of the molecule is COc1ncnc(C2CC2)c1-c1ncc2ccn(Cc3ccc(-c4nc(C(F)(F)F)cn4C(C)C)cc3)c2n1. The summed E-state index contributed by atoms with van der Waals surface area (Å²) in [6.07, 6.45) is 3.94. The van der Waals surface area contributed by atoms with Gasteiger partial charge in [0.2, 0.25) is 5.88 Å². The van der Waals surface area contributed by atoms with Gasteiger partial charge < -0.3 is 13.9 Å². The van der Waals surface area contributed by atoms with E-state index in [1.165, 1.54) is 6.33 Å². The molecule has 0 atom stereocenters. The van der Waals surface area contributed by atoms with E-state index in [2.05, 4.69) is 19.9 Å². The Morgan fingerprint density at radius 3 is 2.46 bits per heavy atom. The van der Waals surface area contributed by atoms with Crippen LogP contribution >= 0.6 is 0 Å². The van der Waals surface area contributed by atoms with Gasteiger partial charge in [-0.05, 0) is 38.3 Å². The van der Waals surface area contributed by atoms with Crippen LogP contribution in [0.5, 0.6) is 5.88 Å². The molecule has 200 valence electrons. The molecule has 0 radical (unpaired) electrons. The van der Waals surface area contributed by atoms with Crippen LogP contribution in [0.4, 0.5) is 13.2 Å². The molecule has 8 nitrogen and oxygen atoms in total. The second kappa shape index (κ2) is 9.48. The van der Waals surface area contributed by atoms with Gasteiger partial charge in [-0.15, -0.1) is 0 Å². The first-order chi connectivity index (χ1) is 18.7. The maximum absolute atomic E-state index is 13.3. The molecule has 0 saturated heterocycles. The number of alkyl halides is 3. The standard InChI is InChI=1S/C28H26F3N7O/c1-16(2)38-14-21(28(29,30)31)35-26(38)19-6-4-17(5-7-19)13-37-11-10-20-12-32-24(36-25(20)37)22-23(18-8-9-18)33-15-34-27(22)39-3/h4-7,10-12,14-16,18H,8-9,13H2,1-3H3. The van der Waals surface area contributed by atoms with Gasteiger partial charge in [0, 0.05) is 48.0 Å². The zero-order valence-corrected chi connectivity index (χ0v) is 21.6. The number of methoxy groups -OCH3 is 1. The topological polar surface area (TPSA) is 83.5 Å².